The fourth-order valence-corrected chi connectivity index (χ4v) is 6.78. The highest BCUT2D eigenvalue weighted by molar-refractivity contribution is 5.95. The van der Waals surface area contributed by atoms with Gasteiger partial charge in [-0.2, -0.15) is 4.98 Å². The summed E-state index contributed by atoms with van der Waals surface area (Å²) in [5.41, 5.74) is 4.84. The maximum atomic E-state index is 13.9. The Morgan fingerprint density at radius 1 is 1.19 bits per heavy atom. The zero-order valence-electron chi connectivity index (χ0n) is 21.3. The third-order valence-electron chi connectivity index (χ3n) is 8.91. The second-order valence-corrected chi connectivity index (χ2v) is 11.4. The van der Waals surface area contributed by atoms with Gasteiger partial charge in [-0.1, -0.05) is 42.1 Å². The molecule has 2 aromatic rings. The van der Waals surface area contributed by atoms with Gasteiger partial charge in [0.1, 0.15) is 0 Å². The number of fused-ring (bicyclic) bond motifs is 2. The lowest BCUT2D eigenvalue weighted by atomic mass is 9.57. The monoisotopic (exact) mass is 489 g/mol. The molecular formula is C29H35N3O4. The molecule has 5 aliphatic carbocycles. The van der Waals surface area contributed by atoms with Crippen LogP contribution in [0.1, 0.15) is 87.4 Å². The topological polar surface area (TPSA) is 85.5 Å². The molecule has 0 N–H and O–H groups in total. The smallest absolute Gasteiger partial charge is 0.309 e. The van der Waals surface area contributed by atoms with Gasteiger partial charge in [-0.3, -0.25) is 9.59 Å². The molecule has 2 atom stereocenters. The fourth-order valence-electron chi connectivity index (χ4n) is 6.78. The molecule has 0 aliphatic heterocycles. The summed E-state index contributed by atoms with van der Waals surface area (Å²) in [7, 11) is 1.45. The molecule has 7 nitrogen and oxygen atoms in total. The Kier molecular flexibility index (Phi) is 5.97. The second kappa shape index (κ2) is 9.16. The fraction of sp³-hybridized carbons (Fsp3) is 0.586. The maximum absolute atomic E-state index is 13.9. The van der Waals surface area contributed by atoms with Crippen LogP contribution in [0.4, 0.5) is 5.69 Å². The first kappa shape index (κ1) is 23.4. The Labute approximate surface area is 212 Å². The van der Waals surface area contributed by atoms with Gasteiger partial charge >= 0.3 is 5.97 Å². The molecule has 0 spiro atoms. The lowest BCUT2D eigenvalue weighted by Crippen LogP contribution is -2.49. The molecule has 5 aliphatic rings. The van der Waals surface area contributed by atoms with Crippen LogP contribution in [-0.2, 0) is 14.3 Å². The predicted molar refractivity (Wildman–Crippen MR) is 135 cm³/mol. The summed E-state index contributed by atoms with van der Waals surface area (Å²) in [6.45, 7) is 2.60. The van der Waals surface area contributed by atoms with Gasteiger partial charge in [-0.25, -0.2) is 0 Å². The van der Waals surface area contributed by atoms with Gasteiger partial charge in [0.2, 0.25) is 5.91 Å². The van der Waals surface area contributed by atoms with E-state index in [9.17, 15) is 9.59 Å². The van der Waals surface area contributed by atoms with E-state index in [4.69, 9.17) is 9.26 Å². The van der Waals surface area contributed by atoms with Gasteiger partial charge in [0.25, 0.3) is 5.89 Å². The predicted octanol–water partition coefficient (Wildman–Crippen LogP) is 5.60. The summed E-state index contributed by atoms with van der Waals surface area (Å²) >= 11 is 0. The number of esters is 1. The van der Waals surface area contributed by atoms with E-state index in [0.717, 1.165) is 75.6 Å². The van der Waals surface area contributed by atoms with Crippen LogP contribution in [0.3, 0.4) is 0 Å². The lowest BCUT2D eigenvalue weighted by Gasteiger charge is -2.51. The molecule has 7 rings (SSSR count). The van der Waals surface area contributed by atoms with E-state index in [-0.39, 0.29) is 35.0 Å². The zero-order chi connectivity index (χ0) is 24.9. The zero-order valence-corrected chi connectivity index (χ0v) is 21.3. The number of ether oxygens (including phenoxy) is 1. The number of hydrogen-bond donors (Lipinski definition) is 0. The first-order chi connectivity index (χ1) is 17.5. The molecule has 0 saturated heterocycles. The van der Waals surface area contributed by atoms with Gasteiger partial charge in [0, 0.05) is 23.7 Å². The van der Waals surface area contributed by atoms with Crippen molar-refractivity contribution in [1.29, 1.82) is 0 Å². The highest BCUT2D eigenvalue weighted by Crippen LogP contribution is 2.58. The molecule has 3 saturated carbocycles. The van der Waals surface area contributed by atoms with E-state index in [1.807, 2.05) is 13.0 Å². The average molecular weight is 490 g/mol. The number of aromatic nitrogens is 2. The number of nitrogens with zero attached hydrogens (tertiary/aromatic N) is 3. The van der Waals surface area contributed by atoms with Gasteiger partial charge < -0.3 is 14.2 Å². The van der Waals surface area contributed by atoms with Crippen molar-refractivity contribution >= 4 is 23.1 Å². The van der Waals surface area contributed by atoms with Crippen LogP contribution in [0.2, 0.25) is 0 Å². The number of benzene rings is 1. The number of carbonyl (C=O) groups excluding carboxylic acids is 2. The third kappa shape index (κ3) is 4.27. The molecular weight excluding hydrogens is 454 g/mol. The van der Waals surface area contributed by atoms with Crippen molar-refractivity contribution in [2.75, 3.05) is 18.6 Å². The summed E-state index contributed by atoms with van der Waals surface area (Å²) in [5, 5.41) is 3.97. The molecule has 0 radical (unpaired) electrons. The molecule has 1 amide bonds. The molecule has 3 fully saturated rings. The lowest BCUT2D eigenvalue weighted by molar-refractivity contribution is -0.142. The minimum atomic E-state index is -0.136. The van der Waals surface area contributed by atoms with E-state index < -0.39 is 0 Å². The Morgan fingerprint density at radius 2 is 2.00 bits per heavy atom. The highest BCUT2D eigenvalue weighted by Gasteiger charge is 2.49. The Bertz CT molecular complexity index is 1200. The first-order valence-corrected chi connectivity index (χ1v) is 13.5. The second-order valence-electron chi connectivity index (χ2n) is 11.4. The van der Waals surface area contributed by atoms with E-state index in [0.29, 0.717) is 11.7 Å². The van der Waals surface area contributed by atoms with Crippen LogP contribution in [0.15, 0.2) is 34.4 Å². The SMILES string of the molecule is COC(=O)C1CC1c1cccc(N(CC23CCC(c4nc(C)no4)=C(C2)C3)C(=O)C2CCCCC2)c1. The van der Waals surface area contributed by atoms with Crippen molar-refractivity contribution in [3.05, 3.63) is 47.1 Å². The van der Waals surface area contributed by atoms with Crippen LogP contribution < -0.4 is 4.90 Å². The number of amides is 1. The molecule has 1 aromatic heterocycles. The van der Waals surface area contributed by atoms with Gasteiger partial charge in [0.15, 0.2) is 5.82 Å². The van der Waals surface area contributed by atoms with Crippen molar-refractivity contribution < 1.29 is 18.8 Å². The quantitative estimate of drug-likeness (QED) is 0.471. The van der Waals surface area contributed by atoms with E-state index in [1.54, 1.807) is 0 Å². The minimum absolute atomic E-state index is 0.0595. The molecule has 36 heavy (non-hydrogen) atoms. The van der Waals surface area contributed by atoms with Crippen molar-refractivity contribution in [2.45, 2.75) is 77.0 Å². The Hall–Kier alpha value is -2.96. The number of carbonyl (C=O) groups is 2. The summed E-state index contributed by atoms with van der Waals surface area (Å²) < 4.78 is 10.4. The van der Waals surface area contributed by atoms with Gasteiger partial charge in [-0.05, 0) is 80.9 Å². The largest absolute Gasteiger partial charge is 0.469 e. The Morgan fingerprint density at radius 3 is 2.67 bits per heavy atom. The van der Waals surface area contributed by atoms with Crippen molar-refractivity contribution in [1.82, 2.24) is 10.1 Å². The van der Waals surface area contributed by atoms with Crippen molar-refractivity contribution in [3.63, 3.8) is 0 Å². The first-order valence-electron chi connectivity index (χ1n) is 13.5. The summed E-state index contributed by atoms with van der Waals surface area (Å²) in [6.07, 6.45) is 10.2. The van der Waals surface area contributed by atoms with E-state index in [1.165, 1.54) is 24.7 Å². The number of hydrogen-bond acceptors (Lipinski definition) is 6. The summed E-state index contributed by atoms with van der Waals surface area (Å²) in [4.78, 5) is 32.5. The molecule has 7 heteroatoms. The molecule has 2 unspecified atom stereocenters. The standard InChI is InChI=1S/C29H35N3O4/c1-18-30-26(36-31-18)23-11-12-29(15-21(23)16-29)17-32(27(33)19-7-4-3-5-8-19)22-10-6-9-20(13-22)24-14-25(24)28(34)35-2/h6,9-10,13,19,24-25H,3-5,7-8,11-12,14-17H2,1-2H3. The Balaban J connectivity index is 1.25. The molecule has 1 aromatic carbocycles. The van der Waals surface area contributed by atoms with Crippen LogP contribution in [0, 0.1) is 24.2 Å². The van der Waals surface area contributed by atoms with Gasteiger partial charge in [-0.15, -0.1) is 0 Å². The van der Waals surface area contributed by atoms with Crippen LogP contribution in [0.5, 0.6) is 0 Å². The van der Waals surface area contributed by atoms with Gasteiger partial charge in [0.05, 0.1) is 13.0 Å². The number of methoxy groups -OCH3 is 1. The maximum Gasteiger partial charge on any atom is 0.309 e. The van der Waals surface area contributed by atoms with Crippen LogP contribution >= 0.6 is 0 Å². The van der Waals surface area contributed by atoms with Crippen molar-refractivity contribution in [3.8, 4) is 0 Å². The third-order valence-corrected chi connectivity index (χ3v) is 8.91. The van der Waals surface area contributed by atoms with E-state index in [2.05, 4.69) is 33.2 Å². The minimum Gasteiger partial charge on any atom is -0.469 e. The number of anilines is 1. The number of rotatable bonds is 7. The molecule has 2 bridgehead atoms. The number of aryl methyl sites for hydroxylation is 1. The average Bonchev–Trinajstić information content (AvgIpc) is 3.59. The molecule has 1 heterocycles. The van der Waals surface area contributed by atoms with Crippen LogP contribution in [0.25, 0.3) is 5.57 Å². The summed E-state index contributed by atoms with van der Waals surface area (Å²) in [5.74, 6) is 1.72. The highest BCUT2D eigenvalue weighted by atomic mass is 16.5. The normalized spacial score (nSPS) is 24.7. The summed E-state index contributed by atoms with van der Waals surface area (Å²) in [6, 6.07) is 8.35. The van der Waals surface area contributed by atoms with E-state index >= 15 is 0 Å². The molecule has 190 valence electrons. The van der Waals surface area contributed by atoms with Crippen LogP contribution in [-0.4, -0.2) is 35.7 Å². The number of allylic oxidation sites excluding steroid dienone is 2. The van der Waals surface area contributed by atoms with Crippen molar-refractivity contribution in [2.24, 2.45) is 17.3 Å².